The smallest absolute Gasteiger partial charge is 0.224 e. The molecule has 1 aliphatic carbocycles. The Morgan fingerprint density at radius 2 is 1.89 bits per heavy atom. The highest BCUT2D eigenvalue weighted by Crippen LogP contribution is 2.27. The van der Waals surface area contributed by atoms with Crippen LogP contribution in [0, 0.1) is 17.6 Å². The van der Waals surface area contributed by atoms with Crippen LogP contribution < -0.4 is 5.32 Å². The highest BCUT2D eigenvalue weighted by molar-refractivity contribution is 5.90. The lowest BCUT2D eigenvalue weighted by Gasteiger charge is -2.20. The number of benzene rings is 1. The molecule has 0 unspecified atom stereocenters. The van der Waals surface area contributed by atoms with Crippen molar-refractivity contribution in [3.63, 3.8) is 0 Å². The molecule has 0 aromatic heterocycles. The molecule has 0 spiro atoms. The Kier molecular flexibility index (Phi) is 4.88. The molecule has 104 valence electrons. The van der Waals surface area contributed by atoms with Gasteiger partial charge < -0.3 is 5.32 Å². The normalized spacial score (nSPS) is 16.3. The number of carbonyl (C=O) groups is 1. The van der Waals surface area contributed by atoms with Crippen molar-refractivity contribution in [1.82, 2.24) is 0 Å². The lowest BCUT2D eigenvalue weighted by molar-refractivity contribution is -0.116. The van der Waals surface area contributed by atoms with Gasteiger partial charge in [-0.1, -0.05) is 32.1 Å². The Bertz CT molecular complexity index is 442. The number of amides is 1. The van der Waals surface area contributed by atoms with Crippen molar-refractivity contribution in [3.8, 4) is 0 Å². The number of carbonyl (C=O) groups excluding carboxylic acids is 1. The molecule has 1 saturated carbocycles. The summed E-state index contributed by atoms with van der Waals surface area (Å²) >= 11 is 0. The maximum absolute atomic E-state index is 13.0. The van der Waals surface area contributed by atoms with Crippen LogP contribution in [0.2, 0.25) is 0 Å². The zero-order valence-corrected chi connectivity index (χ0v) is 10.9. The van der Waals surface area contributed by atoms with Gasteiger partial charge in [0, 0.05) is 18.2 Å². The number of nitrogens with one attached hydrogen (secondary N) is 1. The third-order valence-electron chi connectivity index (χ3n) is 3.71. The Hall–Kier alpha value is -1.45. The predicted molar refractivity (Wildman–Crippen MR) is 70.8 cm³/mol. The Morgan fingerprint density at radius 3 is 2.58 bits per heavy atom. The molecule has 19 heavy (non-hydrogen) atoms. The summed E-state index contributed by atoms with van der Waals surface area (Å²) in [4.78, 5) is 11.7. The second-order valence-electron chi connectivity index (χ2n) is 5.22. The van der Waals surface area contributed by atoms with E-state index in [1.54, 1.807) is 0 Å². The van der Waals surface area contributed by atoms with E-state index in [9.17, 15) is 13.6 Å². The molecule has 1 aliphatic rings. The maximum atomic E-state index is 13.0. The van der Waals surface area contributed by atoms with Gasteiger partial charge >= 0.3 is 0 Å². The fourth-order valence-electron chi connectivity index (χ4n) is 2.61. The summed E-state index contributed by atoms with van der Waals surface area (Å²) in [5.41, 5.74) is 0.313. The minimum absolute atomic E-state index is 0.128. The summed E-state index contributed by atoms with van der Waals surface area (Å²) in [5.74, 6) is -1.33. The van der Waals surface area contributed by atoms with Crippen LogP contribution in [-0.4, -0.2) is 5.91 Å². The molecule has 4 heteroatoms. The van der Waals surface area contributed by atoms with E-state index in [1.165, 1.54) is 38.2 Å². The van der Waals surface area contributed by atoms with E-state index in [0.717, 1.165) is 18.6 Å². The second-order valence-corrected chi connectivity index (χ2v) is 5.22. The molecule has 1 N–H and O–H groups in total. The van der Waals surface area contributed by atoms with Crippen molar-refractivity contribution in [2.75, 3.05) is 5.32 Å². The molecule has 0 bridgehead atoms. The van der Waals surface area contributed by atoms with Crippen molar-refractivity contribution in [2.45, 2.75) is 44.9 Å². The lowest BCUT2D eigenvalue weighted by Crippen LogP contribution is -2.15. The Balaban J connectivity index is 1.78. The third kappa shape index (κ3) is 4.30. The van der Waals surface area contributed by atoms with E-state index in [4.69, 9.17) is 0 Å². The molecule has 2 nitrogen and oxygen atoms in total. The quantitative estimate of drug-likeness (QED) is 0.867. The Labute approximate surface area is 112 Å². The van der Waals surface area contributed by atoms with E-state index in [2.05, 4.69) is 5.32 Å². The van der Waals surface area contributed by atoms with Crippen molar-refractivity contribution in [3.05, 3.63) is 29.8 Å². The minimum Gasteiger partial charge on any atom is -0.326 e. The molecule has 2 rings (SSSR count). The Morgan fingerprint density at radius 1 is 1.16 bits per heavy atom. The number of anilines is 1. The van der Waals surface area contributed by atoms with E-state index < -0.39 is 11.6 Å². The molecule has 0 saturated heterocycles. The predicted octanol–water partition coefficient (Wildman–Crippen LogP) is 4.26. The van der Waals surface area contributed by atoms with Crippen LogP contribution in [0.3, 0.4) is 0 Å². The number of hydrogen-bond donors (Lipinski definition) is 1. The molecule has 0 atom stereocenters. The standard InChI is InChI=1S/C15H19F2NO/c16-13-8-7-12(10-14(13)17)18-15(19)9-6-11-4-2-1-3-5-11/h7-8,10-11H,1-6,9H2,(H,18,19). The lowest BCUT2D eigenvalue weighted by atomic mass is 9.86. The summed E-state index contributed by atoms with van der Waals surface area (Å²) in [5, 5.41) is 2.60. The SMILES string of the molecule is O=C(CCC1CCCCC1)Nc1ccc(F)c(F)c1. The van der Waals surface area contributed by atoms with E-state index in [1.807, 2.05) is 0 Å². The van der Waals surface area contributed by atoms with Gasteiger partial charge in [-0.3, -0.25) is 4.79 Å². The fraction of sp³-hybridized carbons (Fsp3) is 0.533. The monoisotopic (exact) mass is 267 g/mol. The molecule has 0 radical (unpaired) electrons. The number of halogens is 2. The first kappa shape index (κ1) is 14.0. The zero-order chi connectivity index (χ0) is 13.7. The largest absolute Gasteiger partial charge is 0.326 e. The van der Waals surface area contributed by atoms with Crippen LogP contribution in [-0.2, 0) is 4.79 Å². The van der Waals surface area contributed by atoms with Crippen molar-refractivity contribution in [2.24, 2.45) is 5.92 Å². The van der Waals surface area contributed by atoms with Gasteiger partial charge in [-0.05, 0) is 24.5 Å². The van der Waals surface area contributed by atoms with Gasteiger partial charge in [0.1, 0.15) is 0 Å². The van der Waals surface area contributed by atoms with Crippen LogP contribution in [0.25, 0.3) is 0 Å². The van der Waals surface area contributed by atoms with Gasteiger partial charge in [0.15, 0.2) is 11.6 Å². The first-order valence-electron chi connectivity index (χ1n) is 6.90. The van der Waals surface area contributed by atoms with Gasteiger partial charge in [-0.25, -0.2) is 8.78 Å². The first-order chi connectivity index (χ1) is 9.15. The van der Waals surface area contributed by atoms with E-state index in [-0.39, 0.29) is 5.91 Å². The van der Waals surface area contributed by atoms with Crippen LogP contribution in [0.4, 0.5) is 14.5 Å². The fourth-order valence-corrected chi connectivity index (χ4v) is 2.61. The molecule has 0 aliphatic heterocycles. The summed E-state index contributed by atoms with van der Waals surface area (Å²) in [6.45, 7) is 0. The van der Waals surface area contributed by atoms with Gasteiger partial charge in [-0.2, -0.15) is 0 Å². The third-order valence-corrected chi connectivity index (χ3v) is 3.71. The van der Waals surface area contributed by atoms with Gasteiger partial charge in [-0.15, -0.1) is 0 Å². The summed E-state index contributed by atoms with van der Waals surface area (Å²) in [6, 6.07) is 3.40. The van der Waals surface area contributed by atoms with E-state index >= 15 is 0 Å². The molecular formula is C15H19F2NO. The maximum Gasteiger partial charge on any atom is 0.224 e. The molecule has 1 fully saturated rings. The van der Waals surface area contributed by atoms with Gasteiger partial charge in [0.05, 0.1) is 0 Å². The second kappa shape index (κ2) is 6.64. The highest BCUT2D eigenvalue weighted by Gasteiger charge is 2.15. The van der Waals surface area contributed by atoms with Crippen molar-refractivity contribution < 1.29 is 13.6 Å². The topological polar surface area (TPSA) is 29.1 Å². The molecule has 1 aromatic rings. The van der Waals surface area contributed by atoms with Crippen LogP contribution in [0.5, 0.6) is 0 Å². The molecular weight excluding hydrogens is 248 g/mol. The van der Waals surface area contributed by atoms with Crippen molar-refractivity contribution in [1.29, 1.82) is 0 Å². The van der Waals surface area contributed by atoms with Gasteiger partial charge in [0.25, 0.3) is 0 Å². The first-order valence-corrected chi connectivity index (χ1v) is 6.90. The minimum atomic E-state index is -0.940. The summed E-state index contributed by atoms with van der Waals surface area (Å²) in [6.07, 6.45) is 7.57. The highest BCUT2D eigenvalue weighted by atomic mass is 19.2. The average Bonchev–Trinajstić information content (AvgIpc) is 2.42. The van der Waals surface area contributed by atoms with Crippen molar-refractivity contribution >= 4 is 11.6 Å². The molecule has 0 heterocycles. The van der Waals surface area contributed by atoms with E-state index in [0.29, 0.717) is 18.0 Å². The average molecular weight is 267 g/mol. The van der Waals surface area contributed by atoms with Crippen LogP contribution >= 0.6 is 0 Å². The van der Waals surface area contributed by atoms with Gasteiger partial charge in [0.2, 0.25) is 5.91 Å². The summed E-state index contributed by atoms with van der Waals surface area (Å²) < 4.78 is 25.7. The van der Waals surface area contributed by atoms with Crippen LogP contribution in [0.1, 0.15) is 44.9 Å². The molecule has 1 aromatic carbocycles. The zero-order valence-electron chi connectivity index (χ0n) is 10.9. The van der Waals surface area contributed by atoms with Crippen LogP contribution in [0.15, 0.2) is 18.2 Å². The molecule has 1 amide bonds. The summed E-state index contributed by atoms with van der Waals surface area (Å²) in [7, 11) is 0. The number of rotatable bonds is 4. The number of hydrogen-bond acceptors (Lipinski definition) is 1.